The number of amides is 1. The van der Waals surface area contributed by atoms with Crippen molar-refractivity contribution in [2.45, 2.75) is 0 Å². The number of thiophene rings is 1. The molecule has 0 radical (unpaired) electrons. The molecule has 1 fully saturated rings. The summed E-state index contributed by atoms with van der Waals surface area (Å²) in [7, 11) is 0. The minimum absolute atomic E-state index is 0.0464. The van der Waals surface area contributed by atoms with Crippen molar-refractivity contribution in [2.24, 2.45) is 0 Å². The quantitative estimate of drug-likeness (QED) is 0.911. The molecule has 0 spiro atoms. The van der Waals surface area contributed by atoms with Crippen LogP contribution in [0.4, 0.5) is 11.4 Å². The third-order valence-corrected chi connectivity index (χ3v) is 4.22. The minimum Gasteiger partial charge on any atom is -0.369 e. The Morgan fingerprint density at radius 3 is 2.55 bits per heavy atom. The molecular weight excluding hydrogens is 270 g/mol. The Kier molecular flexibility index (Phi) is 3.99. The molecule has 0 bridgehead atoms. The highest BCUT2D eigenvalue weighted by Crippen LogP contribution is 2.19. The molecule has 1 saturated heterocycles. The van der Waals surface area contributed by atoms with Crippen molar-refractivity contribution < 1.29 is 4.79 Å². The van der Waals surface area contributed by atoms with Gasteiger partial charge in [-0.1, -0.05) is 6.07 Å². The summed E-state index contributed by atoms with van der Waals surface area (Å²) in [4.78, 5) is 15.0. The van der Waals surface area contributed by atoms with Gasteiger partial charge in [0.05, 0.1) is 4.88 Å². The van der Waals surface area contributed by atoms with E-state index in [1.54, 1.807) is 0 Å². The van der Waals surface area contributed by atoms with Crippen LogP contribution in [-0.4, -0.2) is 32.1 Å². The van der Waals surface area contributed by atoms with Gasteiger partial charge < -0.3 is 15.5 Å². The highest BCUT2D eigenvalue weighted by Gasteiger charge is 2.11. The fourth-order valence-electron chi connectivity index (χ4n) is 2.28. The lowest BCUT2D eigenvalue weighted by Crippen LogP contribution is -2.43. The van der Waals surface area contributed by atoms with Gasteiger partial charge in [0.2, 0.25) is 0 Å². The van der Waals surface area contributed by atoms with Crippen LogP contribution in [0.1, 0.15) is 9.67 Å². The van der Waals surface area contributed by atoms with E-state index in [4.69, 9.17) is 0 Å². The van der Waals surface area contributed by atoms with E-state index >= 15 is 0 Å². The third-order valence-electron chi connectivity index (χ3n) is 3.35. The smallest absolute Gasteiger partial charge is 0.265 e. The van der Waals surface area contributed by atoms with Crippen LogP contribution in [-0.2, 0) is 0 Å². The number of piperazine rings is 1. The van der Waals surface area contributed by atoms with E-state index in [0.717, 1.165) is 36.7 Å². The molecule has 1 amide bonds. The first-order chi connectivity index (χ1) is 9.83. The Bertz CT molecular complexity index is 559. The minimum atomic E-state index is -0.0464. The van der Waals surface area contributed by atoms with Crippen molar-refractivity contribution in [1.82, 2.24) is 5.32 Å². The first-order valence-electron chi connectivity index (χ1n) is 6.73. The Balaban J connectivity index is 1.65. The van der Waals surface area contributed by atoms with E-state index in [2.05, 4.69) is 27.7 Å². The van der Waals surface area contributed by atoms with Crippen molar-refractivity contribution in [3.05, 3.63) is 46.7 Å². The van der Waals surface area contributed by atoms with Gasteiger partial charge in [0.1, 0.15) is 0 Å². The molecule has 5 heteroatoms. The lowest BCUT2D eigenvalue weighted by molar-refractivity contribution is 0.103. The standard InChI is InChI=1S/C15H17N3OS/c19-15(14-2-1-11-20-14)17-12-3-5-13(6-4-12)18-9-7-16-8-10-18/h1-6,11,16H,7-10H2,(H,17,19). The first kappa shape index (κ1) is 13.1. The number of hydrogen-bond acceptors (Lipinski definition) is 4. The van der Waals surface area contributed by atoms with Gasteiger partial charge in [-0.2, -0.15) is 0 Å². The summed E-state index contributed by atoms with van der Waals surface area (Å²) in [5.41, 5.74) is 2.04. The van der Waals surface area contributed by atoms with E-state index in [-0.39, 0.29) is 5.91 Å². The average molecular weight is 287 g/mol. The highest BCUT2D eigenvalue weighted by atomic mass is 32.1. The van der Waals surface area contributed by atoms with Crippen molar-refractivity contribution in [1.29, 1.82) is 0 Å². The molecule has 2 aromatic rings. The van der Waals surface area contributed by atoms with Crippen LogP contribution in [0.3, 0.4) is 0 Å². The average Bonchev–Trinajstić information content (AvgIpc) is 3.03. The molecule has 1 aromatic heterocycles. The molecule has 0 unspecified atom stereocenters. The van der Waals surface area contributed by atoms with Gasteiger partial charge in [-0.05, 0) is 35.7 Å². The molecule has 4 nitrogen and oxygen atoms in total. The third kappa shape index (κ3) is 3.00. The lowest BCUT2D eigenvalue weighted by atomic mass is 10.2. The van der Waals surface area contributed by atoms with Gasteiger partial charge in [0, 0.05) is 37.6 Å². The van der Waals surface area contributed by atoms with Crippen LogP contribution in [0.5, 0.6) is 0 Å². The Labute approximate surface area is 122 Å². The van der Waals surface area contributed by atoms with Crippen LogP contribution in [0.25, 0.3) is 0 Å². The molecule has 104 valence electrons. The van der Waals surface area contributed by atoms with Crippen LogP contribution < -0.4 is 15.5 Å². The van der Waals surface area contributed by atoms with E-state index in [0.29, 0.717) is 0 Å². The molecule has 1 aromatic carbocycles. The summed E-state index contributed by atoms with van der Waals surface area (Å²) in [6.07, 6.45) is 0. The molecule has 0 saturated carbocycles. The zero-order valence-electron chi connectivity index (χ0n) is 11.1. The predicted octanol–water partition coefficient (Wildman–Crippen LogP) is 2.41. The molecule has 2 N–H and O–H groups in total. The number of benzene rings is 1. The first-order valence-corrected chi connectivity index (χ1v) is 7.61. The molecule has 1 aliphatic heterocycles. The zero-order chi connectivity index (χ0) is 13.8. The molecule has 2 heterocycles. The lowest BCUT2D eigenvalue weighted by Gasteiger charge is -2.29. The number of rotatable bonds is 3. The molecule has 1 aliphatic rings. The van der Waals surface area contributed by atoms with Crippen molar-refractivity contribution in [3.63, 3.8) is 0 Å². The highest BCUT2D eigenvalue weighted by molar-refractivity contribution is 7.12. The zero-order valence-corrected chi connectivity index (χ0v) is 12.0. The fraction of sp³-hybridized carbons (Fsp3) is 0.267. The monoisotopic (exact) mass is 287 g/mol. The number of carbonyl (C=O) groups excluding carboxylic acids is 1. The van der Waals surface area contributed by atoms with Crippen LogP contribution in [0, 0.1) is 0 Å². The summed E-state index contributed by atoms with van der Waals surface area (Å²) >= 11 is 1.45. The number of hydrogen-bond donors (Lipinski definition) is 2. The summed E-state index contributed by atoms with van der Waals surface area (Å²) in [6, 6.07) is 11.8. The fourth-order valence-corrected chi connectivity index (χ4v) is 2.90. The summed E-state index contributed by atoms with van der Waals surface area (Å²) in [6.45, 7) is 4.11. The Morgan fingerprint density at radius 1 is 1.15 bits per heavy atom. The number of nitrogens with zero attached hydrogens (tertiary/aromatic N) is 1. The summed E-state index contributed by atoms with van der Waals surface area (Å²) < 4.78 is 0. The number of carbonyl (C=O) groups is 1. The van der Waals surface area contributed by atoms with Gasteiger partial charge in [-0.15, -0.1) is 11.3 Å². The van der Waals surface area contributed by atoms with E-state index < -0.39 is 0 Å². The Hall–Kier alpha value is -1.85. The van der Waals surface area contributed by atoms with Crippen molar-refractivity contribution >= 4 is 28.6 Å². The molecule has 0 atom stereocenters. The molecular formula is C15H17N3OS. The van der Waals surface area contributed by atoms with E-state index in [1.165, 1.54) is 17.0 Å². The van der Waals surface area contributed by atoms with Crippen LogP contribution >= 0.6 is 11.3 Å². The SMILES string of the molecule is O=C(Nc1ccc(N2CCNCC2)cc1)c1cccs1. The van der Waals surface area contributed by atoms with Gasteiger partial charge in [-0.25, -0.2) is 0 Å². The predicted molar refractivity (Wildman–Crippen MR) is 83.8 cm³/mol. The maximum atomic E-state index is 11.9. The number of nitrogens with one attached hydrogen (secondary N) is 2. The van der Waals surface area contributed by atoms with E-state index in [9.17, 15) is 4.79 Å². The van der Waals surface area contributed by atoms with Gasteiger partial charge in [0.25, 0.3) is 5.91 Å². The Morgan fingerprint density at radius 2 is 1.90 bits per heavy atom. The van der Waals surface area contributed by atoms with Gasteiger partial charge >= 0.3 is 0 Å². The normalized spacial score (nSPS) is 15.1. The number of anilines is 2. The van der Waals surface area contributed by atoms with Crippen molar-refractivity contribution in [2.75, 3.05) is 36.4 Å². The maximum Gasteiger partial charge on any atom is 0.265 e. The second kappa shape index (κ2) is 6.07. The second-order valence-corrected chi connectivity index (χ2v) is 5.66. The topological polar surface area (TPSA) is 44.4 Å². The largest absolute Gasteiger partial charge is 0.369 e. The second-order valence-electron chi connectivity index (χ2n) is 4.72. The summed E-state index contributed by atoms with van der Waals surface area (Å²) in [5, 5.41) is 8.16. The van der Waals surface area contributed by atoms with Gasteiger partial charge in [0.15, 0.2) is 0 Å². The molecule has 3 rings (SSSR count). The molecule has 0 aliphatic carbocycles. The van der Waals surface area contributed by atoms with E-state index in [1.807, 2.05) is 29.6 Å². The maximum absolute atomic E-state index is 11.9. The van der Waals surface area contributed by atoms with Crippen molar-refractivity contribution in [3.8, 4) is 0 Å². The van der Waals surface area contributed by atoms with Gasteiger partial charge in [-0.3, -0.25) is 4.79 Å². The summed E-state index contributed by atoms with van der Waals surface area (Å²) in [5.74, 6) is -0.0464. The van der Waals surface area contributed by atoms with Crippen LogP contribution in [0.15, 0.2) is 41.8 Å². The molecule has 20 heavy (non-hydrogen) atoms. The van der Waals surface area contributed by atoms with Crippen LogP contribution in [0.2, 0.25) is 0 Å².